The van der Waals surface area contributed by atoms with Gasteiger partial charge in [-0.15, -0.1) is 0 Å². The molecule has 1 saturated heterocycles. The van der Waals surface area contributed by atoms with Gasteiger partial charge in [-0.2, -0.15) is 4.31 Å². The van der Waals surface area contributed by atoms with Crippen LogP contribution in [-0.2, 0) is 10.0 Å². The number of aliphatic hydroxyl groups is 1. The van der Waals surface area contributed by atoms with Crippen LogP contribution in [0.15, 0.2) is 29.2 Å². The van der Waals surface area contributed by atoms with E-state index in [0.717, 1.165) is 37.7 Å². The predicted octanol–water partition coefficient (Wildman–Crippen LogP) is 2.31. The van der Waals surface area contributed by atoms with Crippen molar-refractivity contribution in [2.24, 2.45) is 5.92 Å². The van der Waals surface area contributed by atoms with E-state index in [1.54, 1.807) is 22.5 Å². The van der Waals surface area contributed by atoms with Crippen molar-refractivity contribution in [3.63, 3.8) is 0 Å². The third-order valence-corrected chi connectivity index (χ3v) is 6.79. The Bertz CT molecular complexity index is 614. The molecule has 0 radical (unpaired) electrons. The van der Waals surface area contributed by atoms with Crippen LogP contribution < -0.4 is 0 Å². The summed E-state index contributed by atoms with van der Waals surface area (Å²) >= 11 is 0. The van der Waals surface area contributed by atoms with Gasteiger partial charge in [0.15, 0.2) is 0 Å². The monoisotopic (exact) mass is 309 g/mol. The summed E-state index contributed by atoms with van der Waals surface area (Å²) in [6.07, 6.45) is 4.15. The Morgan fingerprint density at radius 1 is 1.19 bits per heavy atom. The van der Waals surface area contributed by atoms with Crippen molar-refractivity contribution in [2.75, 3.05) is 6.54 Å². The van der Waals surface area contributed by atoms with Crippen LogP contribution in [0, 0.1) is 12.8 Å². The first kappa shape index (κ1) is 15.0. The summed E-state index contributed by atoms with van der Waals surface area (Å²) in [7, 11) is -3.45. The number of sulfonamides is 1. The molecule has 0 aromatic heterocycles. The van der Waals surface area contributed by atoms with E-state index in [1.165, 1.54) is 0 Å². The summed E-state index contributed by atoms with van der Waals surface area (Å²) in [6.45, 7) is 2.48. The second-order valence-corrected chi connectivity index (χ2v) is 8.19. The number of aryl methyl sites for hydroxylation is 1. The number of aliphatic hydroxyl groups excluding tert-OH is 1. The van der Waals surface area contributed by atoms with Crippen molar-refractivity contribution in [3.8, 4) is 0 Å². The molecule has 1 N–H and O–H groups in total. The highest BCUT2D eigenvalue weighted by molar-refractivity contribution is 7.89. The molecule has 2 fully saturated rings. The van der Waals surface area contributed by atoms with Gasteiger partial charge < -0.3 is 5.11 Å². The maximum absolute atomic E-state index is 12.9. The van der Waals surface area contributed by atoms with Gasteiger partial charge in [-0.25, -0.2) is 8.42 Å². The second-order valence-electron chi connectivity index (χ2n) is 6.30. The first-order chi connectivity index (χ1) is 10.00. The largest absolute Gasteiger partial charge is 0.393 e. The first-order valence-corrected chi connectivity index (χ1v) is 9.21. The van der Waals surface area contributed by atoms with Crippen molar-refractivity contribution in [2.45, 2.75) is 56.1 Å². The SMILES string of the molecule is Cc1cccc(S(=O)(=O)N2CCCC2C2CCCC2O)c1. The minimum atomic E-state index is -3.45. The number of rotatable bonds is 3. The number of hydrogen-bond donors (Lipinski definition) is 1. The first-order valence-electron chi connectivity index (χ1n) is 7.77. The van der Waals surface area contributed by atoms with E-state index in [4.69, 9.17) is 0 Å². The summed E-state index contributed by atoms with van der Waals surface area (Å²) in [6, 6.07) is 7.06. The van der Waals surface area contributed by atoms with Gasteiger partial charge in [-0.3, -0.25) is 0 Å². The lowest BCUT2D eigenvalue weighted by Crippen LogP contribution is -2.42. The third kappa shape index (κ3) is 2.74. The highest BCUT2D eigenvalue weighted by Crippen LogP contribution is 2.38. The normalized spacial score (nSPS) is 30.9. The minimum Gasteiger partial charge on any atom is -0.393 e. The molecular formula is C16H23NO3S. The lowest BCUT2D eigenvalue weighted by Gasteiger charge is -2.30. The molecule has 116 valence electrons. The van der Waals surface area contributed by atoms with Gasteiger partial charge in [0.05, 0.1) is 11.0 Å². The lowest BCUT2D eigenvalue weighted by atomic mass is 9.95. The summed E-state index contributed by atoms with van der Waals surface area (Å²) in [4.78, 5) is 0.377. The maximum atomic E-state index is 12.9. The van der Waals surface area contributed by atoms with Crippen molar-refractivity contribution < 1.29 is 13.5 Å². The third-order valence-electron chi connectivity index (χ3n) is 4.87. The molecule has 1 aromatic carbocycles. The zero-order valence-corrected chi connectivity index (χ0v) is 13.2. The fourth-order valence-electron chi connectivity index (χ4n) is 3.82. The Morgan fingerprint density at radius 2 is 2.00 bits per heavy atom. The highest BCUT2D eigenvalue weighted by Gasteiger charge is 2.43. The van der Waals surface area contributed by atoms with E-state index in [-0.39, 0.29) is 18.1 Å². The van der Waals surface area contributed by atoms with E-state index in [9.17, 15) is 13.5 Å². The van der Waals surface area contributed by atoms with Crippen LogP contribution in [0.1, 0.15) is 37.7 Å². The predicted molar refractivity (Wildman–Crippen MR) is 81.4 cm³/mol. The minimum absolute atomic E-state index is 0.0342. The average molecular weight is 309 g/mol. The van der Waals surface area contributed by atoms with Crippen molar-refractivity contribution >= 4 is 10.0 Å². The quantitative estimate of drug-likeness (QED) is 0.932. The van der Waals surface area contributed by atoms with Gasteiger partial charge in [0.1, 0.15) is 0 Å². The number of benzene rings is 1. The number of hydrogen-bond acceptors (Lipinski definition) is 3. The maximum Gasteiger partial charge on any atom is 0.243 e. The Labute approximate surface area is 126 Å². The van der Waals surface area contributed by atoms with Gasteiger partial charge >= 0.3 is 0 Å². The Balaban J connectivity index is 1.90. The summed E-state index contributed by atoms with van der Waals surface area (Å²) in [5, 5.41) is 10.1. The summed E-state index contributed by atoms with van der Waals surface area (Å²) in [5.74, 6) is 0.104. The molecule has 1 aliphatic carbocycles. The van der Waals surface area contributed by atoms with Crippen LogP contribution >= 0.6 is 0 Å². The molecule has 1 heterocycles. The standard InChI is InChI=1S/C16H23NO3S/c1-12-5-2-6-13(11-12)21(19,20)17-10-4-8-15(17)14-7-3-9-16(14)18/h2,5-6,11,14-16,18H,3-4,7-10H2,1H3. The highest BCUT2D eigenvalue weighted by atomic mass is 32.2. The molecule has 5 heteroatoms. The molecule has 3 unspecified atom stereocenters. The molecule has 2 aliphatic rings. The van der Waals surface area contributed by atoms with Crippen LogP contribution in [0.2, 0.25) is 0 Å². The molecule has 4 nitrogen and oxygen atoms in total. The summed E-state index contributed by atoms with van der Waals surface area (Å²) < 4.78 is 27.4. The van der Waals surface area contributed by atoms with Crippen LogP contribution in [0.5, 0.6) is 0 Å². The molecule has 3 atom stereocenters. The van der Waals surface area contributed by atoms with Crippen LogP contribution in [0.4, 0.5) is 0 Å². The zero-order chi connectivity index (χ0) is 15.0. The molecule has 1 aliphatic heterocycles. The smallest absolute Gasteiger partial charge is 0.243 e. The van der Waals surface area contributed by atoms with Crippen LogP contribution in [0.3, 0.4) is 0 Å². The van der Waals surface area contributed by atoms with Gasteiger partial charge in [0.25, 0.3) is 0 Å². The van der Waals surface area contributed by atoms with Crippen molar-refractivity contribution in [1.82, 2.24) is 4.31 Å². The van der Waals surface area contributed by atoms with E-state index >= 15 is 0 Å². The molecule has 3 rings (SSSR count). The second kappa shape index (κ2) is 5.71. The van der Waals surface area contributed by atoms with E-state index in [0.29, 0.717) is 11.4 Å². The fraction of sp³-hybridized carbons (Fsp3) is 0.625. The Kier molecular flexibility index (Phi) is 4.08. The molecule has 0 bridgehead atoms. The Hall–Kier alpha value is -0.910. The molecule has 1 saturated carbocycles. The van der Waals surface area contributed by atoms with E-state index < -0.39 is 10.0 Å². The van der Waals surface area contributed by atoms with Gasteiger partial charge in [-0.1, -0.05) is 18.6 Å². The molecule has 1 aromatic rings. The van der Waals surface area contributed by atoms with Crippen molar-refractivity contribution in [1.29, 1.82) is 0 Å². The molecule has 0 amide bonds. The summed E-state index contributed by atoms with van der Waals surface area (Å²) in [5.41, 5.74) is 0.952. The topological polar surface area (TPSA) is 57.6 Å². The van der Waals surface area contributed by atoms with Gasteiger partial charge in [0, 0.05) is 18.5 Å². The molecule has 0 spiro atoms. The van der Waals surface area contributed by atoms with E-state index in [2.05, 4.69) is 0 Å². The van der Waals surface area contributed by atoms with Crippen molar-refractivity contribution in [3.05, 3.63) is 29.8 Å². The number of nitrogens with zero attached hydrogens (tertiary/aromatic N) is 1. The molecular weight excluding hydrogens is 286 g/mol. The molecule has 21 heavy (non-hydrogen) atoms. The van der Waals surface area contributed by atoms with Gasteiger partial charge in [-0.05, 0) is 50.3 Å². The fourth-order valence-corrected chi connectivity index (χ4v) is 5.67. The average Bonchev–Trinajstić information content (AvgIpc) is 3.07. The van der Waals surface area contributed by atoms with Gasteiger partial charge in [0.2, 0.25) is 10.0 Å². The Morgan fingerprint density at radius 3 is 2.67 bits per heavy atom. The van der Waals surface area contributed by atoms with Crippen LogP contribution in [0.25, 0.3) is 0 Å². The van der Waals surface area contributed by atoms with E-state index in [1.807, 2.05) is 13.0 Å². The zero-order valence-electron chi connectivity index (χ0n) is 12.4. The van der Waals surface area contributed by atoms with Crippen LogP contribution in [-0.4, -0.2) is 36.5 Å². The lowest BCUT2D eigenvalue weighted by molar-refractivity contribution is 0.0975.